The predicted molar refractivity (Wildman–Crippen MR) is 112 cm³/mol. The zero-order valence-corrected chi connectivity index (χ0v) is 17.1. The Kier molecular flexibility index (Phi) is 4.98. The van der Waals surface area contributed by atoms with Crippen LogP contribution in [0.3, 0.4) is 0 Å². The van der Waals surface area contributed by atoms with Crippen LogP contribution in [0.1, 0.15) is 42.8 Å². The van der Waals surface area contributed by atoms with E-state index in [2.05, 4.69) is 55.2 Å². The highest BCUT2D eigenvalue weighted by Gasteiger charge is 2.19. The van der Waals surface area contributed by atoms with E-state index in [1.165, 1.54) is 11.1 Å². The van der Waals surface area contributed by atoms with Crippen LogP contribution >= 0.6 is 22.9 Å². The fraction of sp³-hybridized carbons (Fsp3) is 0.286. The predicted octanol–water partition coefficient (Wildman–Crippen LogP) is 5.86. The highest BCUT2D eigenvalue weighted by molar-refractivity contribution is 7.16. The van der Waals surface area contributed by atoms with Crippen LogP contribution in [0.4, 0.5) is 0 Å². The summed E-state index contributed by atoms with van der Waals surface area (Å²) in [4.78, 5) is 0.781. The summed E-state index contributed by atoms with van der Waals surface area (Å²) < 4.78 is 1.80. The van der Waals surface area contributed by atoms with Gasteiger partial charge in [0.25, 0.3) is 0 Å². The molecule has 6 heteroatoms. The molecule has 4 nitrogen and oxygen atoms in total. The van der Waals surface area contributed by atoms with E-state index in [0.717, 1.165) is 22.0 Å². The standard InChI is InChI=1S/C21H21ClN4S/c1-13(2)12-15-8-10-16(11-9-15)14(3)20-25-26-19(23-24-21(26)27-20)17-6-4-5-7-18(17)22/h4-11,13-14H,12H2,1-3H3. The van der Waals surface area contributed by atoms with Gasteiger partial charge in [-0.3, -0.25) is 0 Å². The van der Waals surface area contributed by atoms with Crippen LogP contribution in [-0.4, -0.2) is 19.8 Å². The number of fused-ring (bicyclic) bond motifs is 1. The zero-order valence-electron chi connectivity index (χ0n) is 15.6. The quantitative estimate of drug-likeness (QED) is 0.424. The Morgan fingerprint density at radius 2 is 1.74 bits per heavy atom. The average Bonchev–Trinajstić information content (AvgIpc) is 3.23. The molecule has 0 aliphatic heterocycles. The molecule has 2 heterocycles. The Bertz CT molecular complexity index is 1070. The van der Waals surface area contributed by atoms with Crippen molar-refractivity contribution in [2.45, 2.75) is 33.1 Å². The summed E-state index contributed by atoms with van der Waals surface area (Å²) in [6.07, 6.45) is 1.10. The maximum absolute atomic E-state index is 6.33. The van der Waals surface area contributed by atoms with Crippen molar-refractivity contribution in [3.05, 3.63) is 69.7 Å². The van der Waals surface area contributed by atoms with Crippen LogP contribution in [0.5, 0.6) is 0 Å². The van der Waals surface area contributed by atoms with Crippen molar-refractivity contribution in [2.24, 2.45) is 5.92 Å². The summed E-state index contributed by atoms with van der Waals surface area (Å²) in [5, 5.41) is 15.0. The lowest BCUT2D eigenvalue weighted by Crippen LogP contribution is -1.99. The maximum Gasteiger partial charge on any atom is 0.234 e. The Labute approximate surface area is 167 Å². The van der Waals surface area contributed by atoms with Crippen molar-refractivity contribution in [3.8, 4) is 11.4 Å². The van der Waals surface area contributed by atoms with Crippen molar-refractivity contribution in [2.75, 3.05) is 0 Å². The van der Waals surface area contributed by atoms with Crippen LogP contribution < -0.4 is 0 Å². The second-order valence-corrected chi connectivity index (χ2v) is 8.59. The highest BCUT2D eigenvalue weighted by Crippen LogP contribution is 2.32. The Balaban J connectivity index is 1.65. The van der Waals surface area contributed by atoms with Gasteiger partial charge in [0.1, 0.15) is 5.01 Å². The summed E-state index contributed by atoms with van der Waals surface area (Å²) in [6.45, 7) is 6.66. The van der Waals surface area contributed by atoms with E-state index in [-0.39, 0.29) is 5.92 Å². The summed E-state index contributed by atoms with van der Waals surface area (Å²) in [5.41, 5.74) is 3.47. The van der Waals surface area contributed by atoms with Gasteiger partial charge in [0, 0.05) is 11.5 Å². The highest BCUT2D eigenvalue weighted by atomic mass is 35.5. The van der Waals surface area contributed by atoms with E-state index in [1.54, 1.807) is 15.9 Å². The number of halogens is 1. The first-order valence-electron chi connectivity index (χ1n) is 9.09. The van der Waals surface area contributed by atoms with E-state index >= 15 is 0 Å². The van der Waals surface area contributed by atoms with Gasteiger partial charge in [-0.25, -0.2) is 0 Å². The Hall–Kier alpha value is -2.24. The van der Waals surface area contributed by atoms with E-state index in [0.29, 0.717) is 16.8 Å². The molecule has 0 aliphatic carbocycles. The fourth-order valence-corrected chi connectivity index (χ4v) is 4.31. The summed E-state index contributed by atoms with van der Waals surface area (Å²) in [6, 6.07) is 16.5. The van der Waals surface area contributed by atoms with Crippen LogP contribution in [-0.2, 0) is 6.42 Å². The van der Waals surface area contributed by atoms with Crippen molar-refractivity contribution in [1.82, 2.24) is 19.8 Å². The van der Waals surface area contributed by atoms with E-state index in [4.69, 9.17) is 16.7 Å². The topological polar surface area (TPSA) is 43.1 Å². The minimum atomic E-state index is 0.198. The smallest absolute Gasteiger partial charge is 0.183 e. The first-order chi connectivity index (χ1) is 13.0. The van der Waals surface area contributed by atoms with Gasteiger partial charge in [0.2, 0.25) is 4.96 Å². The molecule has 0 saturated carbocycles. The molecular weight excluding hydrogens is 376 g/mol. The van der Waals surface area contributed by atoms with Gasteiger partial charge >= 0.3 is 0 Å². The van der Waals surface area contributed by atoms with E-state index in [9.17, 15) is 0 Å². The Morgan fingerprint density at radius 3 is 2.44 bits per heavy atom. The monoisotopic (exact) mass is 396 g/mol. The molecule has 2 aromatic carbocycles. The van der Waals surface area contributed by atoms with E-state index in [1.807, 2.05) is 24.3 Å². The van der Waals surface area contributed by atoms with Gasteiger partial charge in [0.05, 0.1) is 5.02 Å². The lowest BCUT2D eigenvalue weighted by Gasteiger charge is -2.10. The molecule has 27 heavy (non-hydrogen) atoms. The Morgan fingerprint density at radius 1 is 1.00 bits per heavy atom. The summed E-state index contributed by atoms with van der Waals surface area (Å²) in [7, 11) is 0. The minimum Gasteiger partial charge on any atom is -0.183 e. The molecule has 0 N–H and O–H groups in total. The number of aromatic nitrogens is 4. The third kappa shape index (κ3) is 3.62. The summed E-state index contributed by atoms with van der Waals surface area (Å²) >= 11 is 7.90. The van der Waals surface area contributed by atoms with Gasteiger partial charge in [0.15, 0.2) is 5.82 Å². The first-order valence-corrected chi connectivity index (χ1v) is 10.3. The van der Waals surface area contributed by atoms with E-state index < -0.39 is 0 Å². The molecule has 138 valence electrons. The molecule has 0 spiro atoms. The second kappa shape index (κ2) is 7.41. The van der Waals surface area contributed by atoms with Gasteiger partial charge in [-0.15, -0.1) is 10.2 Å². The lowest BCUT2D eigenvalue weighted by atomic mass is 9.97. The molecule has 0 saturated heterocycles. The SMILES string of the molecule is CC(C)Cc1ccc(C(C)c2nn3c(-c4ccccc4Cl)nnc3s2)cc1. The lowest BCUT2D eigenvalue weighted by molar-refractivity contribution is 0.647. The molecular formula is C21H21ClN4S. The van der Waals surface area contributed by atoms with Crippen LogP contribution in [0.2, 0.25) is 5.02 Å². The van der Waals surface area contributed by atoms with Crippen LogP contribution in [0.25, 0.3) is 16.3 Å². The molecule has 2 aromatic heterocycles. The zero-order chi connectivity index (χ0) is 19.0. The summed E-state index contributed by atoms with van der Waals surface area (Å²) in [5.74, 6) is 1.54. The second-order valence-electron chi connectivity index (χ2n) is 7.20. The number of hydrogen-bond acceptors (Lipinski definition) is 4. The van der Waals surface area contributed by atoms with Crippen LogP contribution in [0.15, 0.2) is 48.5 Å². The maximum atomic E-state index is 6.33. The van der Waals surface area contributed by atoms with Gasteiger partial charge < -0.3 is 0 Å². The molecule has 0 amide bonds. The molecule has 1 unspecified atom stereocenters. The third-order valence-electron chi connectivity index (χ3n) is 4.62. The number of nitrogens with zero attached hydrogens (tertiary/aromatic N) is 4. The van der Waals surface area contributed by atoms with Crippen molar-refractivity contribution < 1.29 is 0 Å². The number of hydrogen-bond donors (Lipinski definition) is 0. The fourth-order valence-electron chi connectivity index (χ4n) is 3.17. The van der Waals surface area contributed by atoms with Gasteiger partial charge in [-0.1, -0.05) is 80.1 Å². The molecule has 0 bridgehead atoms. The van der Waals surface area contributed by atoms with Gasteiger partial charge in [-0.05, 0) is 35.6 Å². The number of rotatable bonds is 5. The van der Waals surface area contributed by atoms with Crippen molar-refractivity contribution in [1.29, 1.82) is 0 Å². The number of benzene rings is 2. The average molecular weight is 397 g/mol. The van der Waals surface area contributed by atoms with Crippen molar-refractivity contribution >= 4 is 27.9 Å². The molecule has 1 atom stereocenters. The molecule has 4 aromatic rings. The van der Waals surface area contributed by atoms with Crippen molar-refractivity contribution in [3.63, 3.8) is 0 Å². The third-order valence-corrected chi connectivity index (χ3v) is 6.03. The van der Waals surface area contributed by atoms with Crippen LogP contribution in [0, 0.1) is 5.92 Å². The van der Waals surface area contributed by atoms with Gasteiger partial charge in [-0.2, -0.15) is 9.61 Å². The molecule has 0 radical (unpaired) electrons. The largest absolute Gasteiger partial charge is 0.234 e. The first kappa shape index (κ1) is 18.1. The normalized spacial score (nSPS) is 12.8. The molecule has 4 rings (SSSR count). The minimum absolute atomic E-state index is 0.198. The molecule has 0 aliphatic rings. The molecule has 0 fully saturated rings.